The Morgan fingerprint density at radius 2 is 1.96 bits per heavy atom. The molecule has 2 amide bonds. The normalized spacial score (nSPS) is 10.3. The Balaban J connectivity index is 2.46. The molecule has 0 saturated carbocycles. The Morgan fingerprint density at radius 1 is 1.26 bits per heavy atom. The fourth-order valence-electron chi connectivity index (χ4n) is 1.88. The minimum Gasteiger partial charge on any atom is -0.469 e. The third kappa shape index (κ3) is 6.35. The van der Waals surface area contributed by atoms with Crippen molar-refractivity contribution in [2.24, 2.45) is 0 Å². The summed E-state index contributed by atoms with van der Waals surface area (Å²) in [7, 11) is 1.31. The van der Waals surface area contributed by atoms with Gasteiger partial charge in [0.1, 0.15) is 0 Å². The van der Waals surface area contributed by atoms with Gasteiger partial charge in [0, 0.05) is 24.3 Å². The van der Waals surface area contributed by atoms with Crippen LogP contribution in [0.2, 0.25) is 0 Å². The number of thiazole rings is 1. The molecule has 0 aliphatic heterocycles. The lowest BCUT2D eigenvalue weighted by Crippen LogP contribution is -2.37. The predicted molar refractivity (Wildman–Crippen MR) is 88.3 cm³/mol. The zero-order chi connectivity index (χ0) is 17.4. The number of hydrogen-bond donors (Lipinski definition) is 1. The van der Waals surface area contributed by atoms with Crippen LogP contribution in [0, 0.1) is 13.8 Å². The second kappa shape index (κ2) is 9.24. The van der Waals surface area contributed by atoms with Gasteiger partial charge in [0.2, 0.25) is 11.8 Å². The number of anilines is 1. The van der Waals surface area contributed by atoms with Crippen molar-refractivity contribution in [2.45, 2.75) is 40.0 Å². The summed E-state index contributed by atoms with van der Waals surface area (Å²) in [6, 6.07) is 0. The molecular formula is C15H23N3O4S. The average molecular weight is 341 g/mol. The molecule has 128 valence electrons. The van der Waals surface area contributed by atoms with Crippen LogP contribution < -0.4 is 5.32 Å². The highest BCUT2D eigenvalue weighted by Gasteiger charge is 2.17. The Bertz CT molecular complexity index is 552. The number of nitrogens with zero attached hydrogens (tertiary/aromatic N) is 2. The molecule has 0 spiro atoms. The van der Waals surface area contributed by atoms with Crippen LogP contribution in [0.4, 0.5) is 5.13 Å². The molecule has 0 fully saturated rings. The van der Waals surface area contributed by atoms with Crippen LogP contribution in [0.25, 0.3) is 0 Å². The number of likely N-dealkylation sites (N-methyl/N-ethyl adjacent to an activating group) is 1. The number of ether oxygens (including phenoxy) is 1. The molecular weight excluding hydrogens is 318 g/mol. The minimum absolute atomic E-state index is 0.0226. The second-order valence-electron chi connectivity index (χ2n) is 5.05. The summed E-state index contributed by atoms with van der Waals surface area (Å²) in [6.07, 6.45) is 0.823. The van der Waals surface area contributed by atoms with Crippen molar-refractivity contribution >= 4 is 34.3 Å². The molecule has 1 aromatic heterocycles. The number of nitrogens with one attached hydrogen (secondary N) is 1. The Kier molecular flexibility index (Phi) is 7.67. The van der Waals surface area contributed by atoms with Gasteiger partial charge >= 0.3 is 5.97 Å². The summed E-state index contributed by atoms with van der Waals surface area (Å²) in [5.74, 6) is -0.770. The van der Waals surface area contributed by atoms with E-state index in [0.29, 0.717) is 18.1 Å². The van der Waals surface area contributed by atoms with Crippen LogP contribution >= 0.6 is 11.3 Å². The zero-order valence-corrected chi connectivity index (χ0v) is 14.8. The number of rotatable bonds is 8. The molecule has 0 saturated heterocycles. The maximum Gasteiger partial charge on any atom is 0.305 e. The summed E-state index contributed by atoms with van der Waals surface area (Å²) in [4.78, 5) is 41.9. The second-order valence-corrected chi connectivity index (χ2v) is 6.25. The number of esters is 1. The lowest BCUT2D eigenvalue weighted by Gasteiger charge is -2.19. The van der Waals surface area contributed by atoms with Crippen LogP contribution in [-0.2, 0) is 19.1 Å². The largest absolute Gasteiger partial charge is 0.469 e. The van der Waals surface area contributed by atoms with Crippen molar-refractivity contribution in [3.63, 3.8) is 0 Å². The summed E-state index contributed by atoms with van der Waals surface area (Å²) >= 11 is 1.41. The molecule has 0 aliphatic carbocycles. The van der Waals surface area contributed by atoms with E-state index in [4.69, 9.17) is 0 Å². The quantitative estimate of drug-likeness (QED) is 0.730. The summed E-state index contributed by atoms with van der Waals surface area (Å²) in [5.41, 5.74) is 0.886. The van der Waals surface area contributed by atoms with E-state index in [-0.39, 0.29) is 37.2 Å². The number of methoxy groups -OCH3 is 1. The van der Waals surface area contributed by atoms with Crippen LogP contribution in [0.1, 0.15) is 36.8 Å². The summed E-state index contributed by atoms with van der Waals surface area (Å²) < 4.78 is 4.53. The summed E-state index contributed by atoms with van der Waals surface area (Å²) in [6.45, 7) is 6.03. The molecule has 1 heterocycles. The van der Waals surface area contributed by atoms with Gasteiger partial charge in [-0.3, -0.25) is 14.4 Å². The average Bonchev–Trinajstić information content (AvgIpc) is 2.82. The van der Waals surface area contributed by atoms with Crippen molar-refractivity contribution in [2.75, 3.05) is 25.5 Å². The molecule has 0 bridgehead atoms. The van der Waals surface area contributed by atoms with Crippen LogP contribution in [0.15, 0.2) is 0 Å². The van der Waals surface area contributed by atoms with E-state index in [0.717, 1.165) is 10.6 Å². The van der Waals surface area contributed by atoms with Crippen molar-refractivity contribution < 1.29 is 19.1 Å². The van der Waals surface area contributed by atoms with Gasteiger partial charge in [-0.05, 0) is 27.2 Å². The van der Waals surface area contributed by atoms with E-state index in [9.17, 15) is 14.4 Å². The molecule has 0 aliphatic rings. The molecule has 1 aromatic rings. The molecule has 23 heavy (non-hydrogen) atoms. The first-order valence-corrected chi connectivity index (χ1v) is 8.27. The molecule has 0 unspecified atom stereocenters. The van der Waals surface area contributed by atoms with E-state index < -0.39 is 0 Å². The zero-order valence-electron chi connectivity index (χ0n) is 14.0. The number of hydrogen-bond acceptors (Lipinski definition) is 6. The molecule has 1 rings (SSSR count). The van der Waals surface area contributed by atoms with E-state index in [1.54, 1.807) is 0 Å². The topological polar surface area (TPSA) is 88.6 Å². The first-order valence-electron chi connectivity index (χ1n) is 7.45. The number of aryl methyl sites for hydroxylation is 2. The monoisotopic (exact) mass is 341 g/mol. The number of aromatic nitrogens is 1. The molecule has 0 aromatic carbocycles. The van der Waals surface area contributed by atoms with Crippen molar-refractivity contribution in [3.8, 4) is 0 Å². The number of carbonyl (C=O) groups is 3. The fourth-order valence-corrected chi connectivity index (χ4v) is 2.71. The minimum atomic E-state index is -0.340. The van der Waals surface area contributed by atoms with E-state index >= 15 is 0 Å². The third-order valence-corrected chi connectivity index (χ3v) is 4.33. The van der Waals surface area contributed by atoms with Gasteiger partial charge in [-0.2, -0.15) is 0 Å². The van der Waals surface area contributed by atoms with Gasteiger partial charge in [0.15, 0.2) is 5.13 Å². The predicted octanol–water partition coefficient (Wildman–Crippen LogP) is 1.89. The van der Waals surface area contributed by atoms with E-state index in [1.807, 2.05) is 20.8 Å². The molecule has 8 heteroatoms. The number of carbonyl (C=O) groups excluding carboxylic acids is 3. The van der Waals surface area contributed by atoms with Crippen molar-refractivity contribution in [1.82, 2.24) is 9.88 Å². The molecule has 7 nitrogen and oxygen atoms in total. The lowest BCUT2D eigenvalue weighted by atomic mass is 10.2. The number of amides is 2. The Morgan fingerprint density at radius 3 is 2.48 bits per heavy atom. The van der Waals surface area contributed by atoms with Crippen LogP contribution in [-0.4, -0.2) is 47.9 Å². The van der Waals surface area contributed by atoms with Crippen molar-refractivity contribution in [1.29, 1.82) is 0 Å². The fraction of sp³-hybridized carbons (Fsp3) is 0.600. The molecule has 1 N–H and O–H groups in total. The van der Waals surface area contributed by atoms with Crippen LogP contribution in [0.5, 0.6) is 0 Å². The van der Waals surface area contributed by atoms with E-state index in [2.05, 4.69) is 15.0 Å². The van der Waals surface area contributed by atoms with Gasteiger partial charge in [-0.25, -0.2) is 4.98 Å². The first-order chi connectivity index (χ1) is 10.9. The lowest BCUT2D eigenvalue weighted by molar-refractivity contribution is -0.141. The molecule has 0 atom stereocenters. The highest BCUT2D eigenvalue weighted by atomic mass is 32.1. The maximum absolute atomic E-state index is 12.1. The highest BCUT2D eigenvalue weighted by Crippen LogP contribution is 2.20. The SMILES string of the molecule is CCN(CC(=O)Nc1nc(C)c(C)s1)C(=O)CCCC(=O)OC. The van der Waals surface area contributed by atoms with Crippen molar-refractivity contribution in [3.05, 3.63) is 10.6 Å². The first kappa shape index (κ1) is 19.1. The standard InChI is InChI=1S/C15H23N3O4S/c1-5-18(13(20)7-6-8-14(21)22-4)9-12(19)17-15-16-10(2)11(3)23-15/h5-9H2,1-4H3,(H,16,17,19). The van der Waals surface area contributed by atoms with Crippen LogP contribution in [0.3, 0.4) is 0 Å². The Hall–Kier alpha value is -1.96. The van der Waals surface area contributed by atoms with Gasteiger partial charge in [-0.1, -0.05) is 0 Å². The third-order valence-electron chi connectivity index (χ3n) is 3.34. The highest BCUT2D eigenvalue weighted by molar-refractivity contribution is 7.15. The maximum atomic E-state index is 12.1. The van der Waals surface area contributed by atoms with Gasteiger partial charge in [0.05, 0.1) is 19.3 Å². The summed E-state index contributed by atoms with van der Waals surface area (Å²) in [5, 5.41) is 3.25. The van der Waals surface area contributed by atoms with Gasteiger partial charge in [0.25, 0.3) is 0 Å². The Labute approximate surface area is 140 Å². The molecule has 0 radical (unpaired) electrons. The van der Waals surface area contributed by atoms with Gasteiger partial charge in [-0.15, -0.1) is 11.3 Å². The smallest absolute Gasteiger partial charge is 0.305 e. The van der Waals surface area contributed by atoms with Gasteiger partial charge < -0.3 is 15.0 Å². The van der Waals surface area contributed by atoms with E-state index in [1.165, 1.54) is 23.3 Å².